The summed E-state index contributed by atoms with van der Waals surface area (Å²) in [5.74, 6) is -3.64. The number of fused-ring (bicyclic) bond motifs is 1. The predicted molar refractivity (Wildman–Crippen MR) is 76.9 cm³/mol. The first kappa shape index (κ1) is 14.3. The Morgan fingerprint density at radius 2 is 1.83 bits per heavy atom. The van der Waals surface area contributed by atoms with E-state index in [0.29, 0.717) is 0 Å². The van der Waals surface area contributed by atoms with Crippen molar-refractivity contribution in [3.8, 4) is 11.4 Å². The molecule has 1 aliphatic heterocycles. The van der Waals surface area contributed by atoms with E-state index in [-0.39, 0.29) is 28.2 Å². The third kappa shape index (κ3) is 2.02. The zero-order chi connectivity index (χ0) is 16.9. The Bertz CT molecular complexity index is 960. The zero-order valence-electron chi connectivity index (χ0n) is 11.4. The molecule has 2 aromatic rings. The number of carbonyl (C=O) groups excluding carboxylic acids is 2. The van der Waals surface area contributed by atoms with Crippen LogP contribution in [-0.2, 0) is 0 Å². The van der Waals surface area contributed by atoms with Crippen molar-refractivity contribution in [2.75, 3.05) is 5.73 Å². The number of aromatic carboxylic acids is 1. The Hall–Kier alpha value is -3.62. The maximum absolute atomic E-state index is 12.2. The van der Waals surface area contributed by atoms with E-state index in [1.54, 1.807) is 0 Å². The first-order valence-electron chi connectivity index (χ1n) is 6.29. The van der Waals surface area contributed by atoms with Crippen LogP contribution in [0.5, 0.6) is 5.75 Å². The van der Waals surface area contributed by atoms with Gasteiger partial charge in [0.1, 0.15) is 17.1 Å². The monoisotopic (exact) mass is 315 g/mol. The predicted octanol–water partition coefficient (Wildman–Crippen LogP) is -0.293. The summed E-state index contributed by atoms with van der Waals surface area (Å²) in [5.41, 5.74) is 4.56. The number of amides is 2. The molecule has 116 valence electrons. The van der Waals surface area contributed by atoms with Gasteiger partial charge in [0.25, 0.3) is 17.4 Å². The molecule has 0 atom stereocenters. The van der Waals surface area contributed by atoms with E-state index in [0.717, 1.165) is 22.8 Å². The fourth-order valence-corrected chi connectivity index (χ4v) is 2.39. The minimum Gasteiger partial charge on any atom is -0.507 e. The van der Waals surface area contributed by atoms with Crippen molar-refractivity contribution < 1.29 is 24.6 Å². The highest BCUT2D eigenvalue weighted by molar-refractivity contribution is 6.23. The third-order valence-electron chi connectivity index (χ3n) is 3.42. The number of nitrogen functional groups attached to an aromatic ring is 1. The maximum Gasteiger partial charge on any atom is 0.339 e. The highest BCUT2D eigenvalue weighted by Crippen LogP contribution is 2.26. The highest BCUT2D eigenvalue weighted by atomic mass is 16.4. The van der Waals surface area contributed by atoms with Crippen molar-refractivity contribution in [1.29, 1.82) is 0 Å². The molecule has 0 unspecified atom stereocenters. The Balaban J connectivity index is 2.27. The number of aromatic hydroxyl groups is 1. The van der Waals surface area contributed by atoms with Gasteiger partial charge in [-0.25, -0.2) is 4.79 Å². The molecule has 1 aromatic heterocycles. The molecule has 0 saturated heterocycles. The van der Waals surface area contributed by atoms with Crippen LogP contribution in [0.25, 0.3) is 5.69 Å². The number of nitrogens with one attached hydrogen (secondary N) is 1. The van der Waals surface area contributed by atoms with E-state index in [9.17, 15) is 24.3 Å². The Morgan fingerprint density at radius 1 is 1.13 bits per heavy atom. The number of carboxylic acids is 1. The molecule has 2 amide bonds. The molecule has 0 fully saturated rings. The summed E-state index contributed by atoms with van der Waals surface area (Å²) in [5, 5.41) is 20.6. The minimum atomic E-state index is -1.34. The van der Waals surface area contributed by atoms with Crippen molar-refractivity contribution in [3.05, 3.63) is 51.3 Å². The maximum atomic E-state index is 12.2. The standard InChI is InChI=1S/C14H9N3O6/c15-11-10-7(12(20)16-13(10)21)4-9(19)17(11)5-1-2-6(14(22)23)8(18)3-5/h1-4,18H,15H2,(H,22,23)(H,16,20,21). The van der Waals surface area contributed by atoms with Gasteiger partial charge >= 0.3 is 5.97 Å². The molecule has 3 rings (SSSR count). The number of imide groups is 1. The number of carbonyl (C=O) groups is 3. The van der Waals surface area contributed by atoms with Crippen molar-refractivity contribution >= 4 is 23.6 Å². The molecule has 0 saturated carbocycles. The van der Waals surface area contributed by atoms with E-state index in [1.165, 1.54) is 6.07 Å². The number of nitrogens with two attached hydrogens (primary N) is 1. The molecule has 0 bridgehead atoms. The molecule has 9 heteroatoms. The summed E-state index contributed by atoms with van der Waals surface area (Å²) >= 11 is 0. The number of nitrogens with zero attached hydrogens (tertiary/aromatic N) is 1. The van der Waals surface area contributed by atoms with E-state index in [2.05, 4.69) is 0 Å². The van der Waals surface area contributed by atoms with Crippen LogP contribution in [0.1, 0.15) is 31.1 Å². The summed E-state index contributed by atoms with van der Waals surface area (Å²) in [6.45, 7) is 0. The number of hydrogen-bond acceptors (Lipinski definition) is 6. The number of carboxylic acid groups (broad SMARTS) is 1. The SMILES string of the molecule is Nc1c2c(cc(=O)n1-c1ccc(C(=O)O)c(O)c1)C(=O)NC2=O. The normalized spacial score (nSPS) is 12.9. The van der Waals surface area contributed by atoms with Crippen LogP contribution in [0.2, 0.25) is 0 Å². The lowest BCUT2D eigenvalue weighted by Gasteiger charge is -2.12. The summed E-state index contributed by atoms with van der Waals surface area (Å²) in [6, 6.07) is 4.33. The molecular weight excluding hydrogens is 306 g/mol. The molecule has 2 heterocycles. The van der Waals surface area contributed by atoms with Gasteiger partial charge in [-0.1, -0.05) is 0 Å². The van der Waals surface area contributed by atoms with E-state index >= 15 is 0 Å². The van der Waals surface area contributed by atoms with Crippen molar-refractivity contribution in [3.63, 3.8) is 0 Å². The minimum absolute atomic E-state index is 0.0601. The topological polar surface area (TPSA) is 152 Å². The second kappa shape index (κ2) is 4.70. The lowest BCUT2D eigenvalue weighted by Crippen LogP contribution is -2.24. The average molecular weight is 315 g/mol. The number of rotatable bonds is 2. The summed E-state index contributed by atoms with van der Waals surface area (Å²) in [6.07, 6.45) is 0. The molecule has 1 aliphatic rings. The third-order valence-corrected chi connectivity index (χ3v) is 3.42. The van der Waals surface area contributed by atoms with Gasteiger partial charge in [0, 0.05) is 12.1 Å². The quantitative estimate of drug-likeness (QED) is 0.555. The van der Waals surface area contributed by atoms with Gasteiger partial charge in [-0.3, -0.25) is 24.3 Å². The van der Waals surface area contributed by atoms with Gasteiger partial charge in [-0.15, -0.1) is 0 Å². The van der Waals surface area contributed by atoms with Gasteiger partial charge < -0.3 is 15.9 Å². The van der Waals surface area contributed by atoms with Crippen LogP contribution in [0.15, 0.2) is 29.1 Å². The zero-order valence-corrected chi connectivity index (χ0v) is 11.4. The second-order valence-electron chi connectivity index (χ2n) is 4.78. The van der Waals surface area contributed by atoms with E-state index in [4.69, 9.17) is 10.8 Å². The Morgan fingerprint density at radius 3 is 2.43 bits per heavy atom. The number of hydrogen-bond donors (Lipinski definition) is 4. The van der Waals surface area contributed by atoms with Gasteiger partial charge in [0.2, 0.25) is 0 Å². The van der Waals surface area contributed by atoms with Crippen LogP contribution in [0.4, 0.5) is 5.82 Å². The summed E-state index contributed by atoms with van der Waals surface area (Å²) in [4.78, 5) is 46.4. The van der Waals surface area contributed by atoms with Crippen LogP contribution in [-0.4, -0.2) is 32.6 Å². The first-order chi connectivity index (χ1) is 10.8. The molecule has 5 N–H and O–H groups in total. The second-order valence-corrected chi connectivity index (χ2v) is 4.78. The number of aromatic nitrogens is 1. The van der Waals surface area contributed by atoms with Gasteiger partial charge in [-0.2, -0.15) is 0 Å². The van der Waals surface area contributed by atoms with Crippen LogP contribution in [0.3, 0.4) is 0 Å². The Kier molecular flexibility index (Phi) is 2.93. The molecule has 9 nitrogen and oxygen atoms in total. The summed E-state index contributed by atoms with van der Waals surface area (Å²) < 4.78 is 0.905. The fourth-order valence-electron chi connectivity index (χ4n) is 2.39. The molecule has 0 aliphatic carbocycles. The van der Waals surface area contributed by atoms with Crippen LogP contribution >= 0.6 is 0 Å². The van der Waals surface area contributed by atoms with Gasteiger partial charge in [0.15, 0.2) is 0 Å². The van der Waals surface area contributed by atoms with Crippen LogP contribution < -0.4 is 16.6 Å². The van der Waals surface area contributed by atoms with Crippen molar-refractivity contribution in [1.82, 2.24) is 9.88 Å². The summed E-state index contributed by atoms with van der Waals surface area (Å²) in [7, 11) is 0. The van der Waals surface area contributed by atoms with Crippen LogP contribution in [0, 0.1) is 0 Å². The van der Waals surface area contributed by atoms with Crippen molar-refractivity contribution in [2.24, 2.45) is 0 Å². The number of benzene rings is 1. The lowest BCUT2D eigenvalue weighted by atomic mass is 10.1. The number of phenols is 1. The van der Waals surface area contributed by atoms with Crippen molar-refractivity contribution in [2.45, 2.75) is 0 Å². The number of pyridine rings is 1. The fraction of sp³-hybridized carbons (Fsp3) is 0. The first-order valence-corrected chi connectivity index (χ1v) is 6.29. The van der Waals surface area contributed by atoms with E-state index < -0.39 is 29.1 Å². The van der Waals surface area contributed by atoms with Gasteiger partial charge in [0.05, 0.1) is 16.8 Å². The van der Waals surface area contributed by atoms with Gasteiger partial charge in [-0.05, 0) is 12.1 Å². The highest BCUT2D eigenvalue weighted by Gasteiger charge is 2.31. The largest absolute Gasteiger partial charge is 0.507 e. The molecular formula is C14H9N3O6. The molecule has 1 aromatic carbocycles. The molecule has 23 heavy (non-hydrogen) atoms. The lowest BCUT2D eigenvalue weighted by molar-refractivity contribution is 0.0693. The van der Waals surface area contributed by atoms with E-state index in [1.807, 2.05) is 5.32 Å². The number of anilines is 1. The average Bonchev–Trinajstić information content (AvgIpc) is 2.73. The molecule has 0 radical (unpaired) electrons. The molecule has 0 spiro atoms. The Labute approximate surface area is 127 Å². The smallest absolute Gasteiger partial charge is 0.339 e.